The Kier molecular flexibility index (Phi) is 3.14. The third kappa shape index (κ3) is 2.03. The molecule has 1 aromatic carbocycles. The second-order valence-corrected chi connectivity index (χ2v) is 4.95. The molecule has 6 nitrogen and oxygen atoms in total. The first-order valence-electron chi connectivity index (χ1n) is 6.70. The van der Waals surface area contributed by atoms with Crippen LogP contribution in [-0.2, 0) is 4.79 Å². The molecule has 1 fully saturated rings. The molecule has 6 heteroatoms. The Labute approximate surface area is 114 Å². The molecule has 0 aliphatic carbocycles. The van der Waals surface area contributed by atoms with Gasteiger partial charge in [-0.1, -0.05) is 12.1 Å². The minimum Gasteiger partial charge on any atom is -0.354 e. The molecular formula is C14H15N3O3. The van der Waals surface area contributed by atoms with Crippen LogP contribution in [0.2, 0.25) is 0 Å². The normalized spacial score (nSPS) is 19.6. The number of H-pyrrole nitrogens is 1. The van der Waals surface area contributed by atoms with Gasteiger partial charge < -0.3 is 10.3 Å². The van der Waals surface area contributed by atoms with Gasteiger partial charge in [0.1, 0.15) is 6.04 Å². The van der Waals surface area contributed by atoms with E-state index in [-0.39, 0.29) is 5.91 Å². The molecule has 2 heterocycles. The fourth-order valence-electron chi connectivity index (χ4n) is 2.66. The van der Waals surface area contributed by atoms with E-state index in [0.717, 1.165) is 12.8 Å². The Morgan fingerprint density at radius 3 is 2.75 bits per heavy atom. The van der Waals surface area contributed by atoms with Gasteiger partial charge in [-0.25, -0.2) is 0 Å². The molecule has 104 valence electrons. The predicted molar refractivity (Wildman–Crippen MR) is 74.7 cm³/mol. The van der Waals surface area contributed by atoms with E-state index < -0.39 is 17.2 Å². The number of hydrogen-bond acceptors (Lipinski definition) is 3. The molecule has 0 saturated carbocycles. The molecule has 1 saturated heterocycles. The minimum atomic E-state index is -0.694. The van der Waals surface area contributed by atoms with Crippen molar-refractivity contribution in [3.63, 3.8) is 0 Å². The summed E-state index contributed by atoms with van der Waals surface area (Å²) in [5, 5.41) is 2.79. The quantitative estimate of drug-likeness (QED) is 0.743. The molecule has 1 aliphatic heterocycles. The average Bonchev–Trinajstić information content (AvgIpc) is 2.65. The summed E-state index contributed by atoms with van der Waals surface area (Å²) in [6.45, 7) is 0.616. The zero-order valence-electron chi connectivity index (χ0n) is 10.9. The van der Waals surface area contributed by atoms with Gasteiger partial charge in [-0.05, 0) is 31.4 Å². The van der Waals surface area contributed by atoms with Gasteiger partial charge in [0.25, 0.3) is 0 Å². The number of aromatic nitrogens is 2. The maximum Gasteiger partial charge on any atom is 0.317 e. The molecule has 1 amide bonds. The van der Waals surface area contributed by atoms with Crippen molar-refractivity contribution in [2.45, 2.75) is 25.3 Å². The average molecular weight is 273 g/mol. The number of amides is 1. The lowest BCUT2D eigenvalue weighted by Crippen LogP contribution is -2.42. The summed E-state index contributed by atoms with van der Waals surface area (Å²) >= 11 is 0. The highest BCUT2D eigenvalue weighted by Crippen LogP contribution is 2.20. The van der Waals surface area contributed by atoms with Gasteiger partial charge in [0, 0.05) is 6.54 Å². The third-order valence-electron chi connectivity index (χ3n) is 3.64. The van der Waals surface area contributed by atoms with Crippen molar-refractivity contribution in [2.24, 2.45) is 0 Å². The molecule has 3 rings (SSSR count). The lowest BCUT2D eigenvalue weighted by Gasteiger charge is -2.18. The first-order chi connectivity index (χ1) is 9.68. The molecule has 0 bridgehead atoms. The number of aromatic amines is 1. The zero-order valence-corrected chi connectivity index (χ0v) is 10.9. The summed E-state index contributed by atoms with van der Waals surface area (Å²) in [5.41, 5.74) is -0.222. The molecule has 0 radical (unpaired) electrons. The van der Waals surface area contributed by atoms with E-state index in [1.807, 2.05) is 0 Å². The number of rotatable bonds is 1. The summed E-state index contributed by atoms with van der Waals surface area (Å²) < 4.78 is 1.33. The molecule has 1 unspecified atom stereocenters. The van der Waals surface area contributed by atoms with E-state index in [4.69, 9.17) is 0 Å². The Morgan fingerprint density at radius 1 is 1.10 bits per heavy atom. The molecule has 0 spiro atoms. The summed E-state index contributed by atoms with van der Waals surface area (Å²) in [6, 6.07) is 6.41. The van der Waals surface area contributed by atoms with Crippen molar-refractivity contribution < 1.29 is 4.79 Å². The van der Waals surface area contributed by atoms with E-state index >= 15 is 0 Å². The minimum absolute atomic E-state index is 0.194. The zero-order chi connectivity index (χ0) is 14.1. The molecule has 20 heavy (non-hydrogen) atoms. The second-order valence-electron chi connectivity index (χ2n) is 4.95. The number of fused-ring (bicyclic) bond motifs is 1. The van der Waals surface area contributed by atoms with Crippen LogP contribution < -0.4 is 16.4 Å². The fourth-order valence-corrected chi connectivity index (χ4v) is 2.66. The van der Waals surface area contributed by atoms with Gasteiger partial charge in [-0.2, -0.15) is 0 Å². The highest BCUT2D eigenvalue weighted by Gasteiger charge is 2.25. The van der Waals surface area contributed by atoms with Crippen molar-refractivity contribution in [2.75, 3.05) is 6.54 Å². The number of carbonyl (C=O) groups excluding carboxylic acids is 1. The van der Waals surface area contributed by atoms with Crippen LogP contribution in [0.1, 0.15) is 25.3 Å². The summed E-state index contributed by atoms with van der Waals surface area (Å²) in [4.78, 5) is 38.6. The third-order valence-corrected chi connectivity index (χ3v) is 3.64. The van der Waals surface area contributed by atoms with Crippen LogP contribution in [0.5, 0.6) is 0 Å². The van der Waals surface area contributed by atoms with Gasteiger partial charge in [-0.3, -0.25) is 19.0 Å². The van der Waals surface area contributed by atoms with Crippen LogP contribution in [0, 0.1) is 0 Å². The van der Waals surface area contributed by atoms with Crippen LogP contribution in [0.15, 0.2) is 33.9 Å². The molecule has 1 aliphatic rings. The smallest absolute Gasteiger partial charge is 0.317 e. The molecule has 2 aromatic rings. The Balaban J connectivity index is 2.28. The largest absolute Gasteiger partial charge is 0.354 e. The molecule has 1 atom stereocenters. The monoisotopic (exact) mass is 273 g/mol. The van der Waals surface area contributed by atoms with Gasteiger partial charge in [0.2, 0.25) is 5.91 Å². The van der Waals surface area contributed by atoms with Crippen LogP contribution in [0.25, 0.3) is 11.0 Å². The number of nitrogens with one attached hydrogen (secondary N) is 2. The van der Waals surface area contributed by atoms with Crippen molar-refractivity contribution in [1.82, 2.24) is 14.9 Å². The summed E-state index contributed by atoms with van der Waals surface area (Å²) in [6.07, 6.45) is 2.30. The highest BCUT2D eigenvalue weighted by atomic mass is 16.2. The fraction of sp³-hybridized carbons (Fsp3) is 0.357. The van der Waals surface area contributed by atoms with Crippen molar-refractivity contribution in [3.05, 3.63) is 45.0 Å². The van der Waals surface area contributed by atoms with E-state index in [2.05, 4.69) is 10.3 Å². The lowest BCUT2D eigenvalue weighted by molar-refractivity contribution is -0.124. The second kappa shape index (κ2) is 4.96. The van der Waals surface area contributed by atoms with Crippen LogP contribution in [-0.4, -0.2) is 22.0 Å². The molecule has 2 N–H and O–H groups in total. The first kappa shape index (κ1) is 12.7. The van der Waals surface area contributed by atoms with Crippen LogP contribution >= 0.6 is 0 Å². The number of benzene rings is 1. The number of nitrogens with zero attached hydrogens (tertiary/aromatic N) is 1. The Bertz CT molecular complexity index is 775. The van der Waals surface area contributed by atoms with Gasteiger partial charge in [0.05, 0.1) is 11.0 Å². The van der Waals surface area contributed by atoms with Gasteiger partial charge in [0.15, 0.2) is 0 Å². The van der Waals surface area contributed by atoms with E-state index in [0.29, 0.717) is 24.0 Å². The van der Waals surface area contributed by atoms with Crippen LogP contribution in [0.3, 0.4) is 0 Å². The van der Waals surface area contributed by atoms with E-state index in [1.54, 1.807) is 24.3 Å². The van der Waals surface area contributed by atoms with Crippen molar-refractivity contribution in [3.8, 4) is 0 Å². The SMILES string of the molecule is O=C1NCCCCC1n1c(=O)c(=O)[nH]c2ccccc21. The maximum atomic E-state index is 12.2. The highest BCUT2D eigenvalue weighted by molar-refractivity contribution is 5.83. The molecular weight excluding hydrogens is 258 g/mol. The predicted octanol–water partition coefficient (Wildman–Crippen LogP) is 0.531. The topological polar surface area (TPSA) is 84.0 Å². The Morgan fingerprint density at radius 2 is 1.90 bits per heavy atom. The molecule has 1 aromatic heterocycles. The number of para-hydroxylation sites is 2. The van der Waals surface area contributed by atoms with E-state index in [9.17, 15) is 14.4 Å². The first-order valence-corrected chi connectivity index (χ1v) is 6.70. The standard InChI is InChI=1S/C14H15N3O3/c18-12-11(7-3-4-8-15-12)17-10-6-2-1-5-9(10)16-13(19)14(17)20/h1-2,5-6,11H,3-4,7-8H2,(H,15,18)(H,16,19). The Hall–Kier alpha value is -2.37. The number of hydrogen-bond donors (Lipinski definition) is 2. The van der Waals surface area contributed by atoms with E-state index in [1.165, 1.54) is 4.57 Å². The summed E-state index contributed by atoms with van der Waals surface area (Å²) in [5.74, 6) is -0.194. The number of carbonyl (C=O) groups is 1. The van der Waals surface area contributed by atoms with Crippen molar-refractivity contribution >= 4 is 16.9 Å². The van der Waals surface area contributed by atoms with Crippen molar-refractivity contribution in [1.29, 1.82) is 0 Å². The maximum absolute atomic E-state index is 12.2. The lowest BCUT2D eigenvalue weighted by atomic mass is 10.1. The summed E-state index contributed by atoms with van der Waals surface area (Å²) in [7, 11) is 0. The van der Waals surface area contributed by atoms with Gasteiger partial charge in [-0.15, -0.1) is 0 Å². The van der Waals surface area contributed by atoms with Gasteiger partial charge >= 0.3 is 11.1 Å². The van der Waals surface area contributed by atoms with Crippen LogP contribution in [0.4, 0.5) is 0 Å².